The van der Waals surface area contributed by atoms with E-state index in [9.17, 15) is 9.59 Å². The van der Waals surface area contributed by atoms with Crippen molar-refractivity contribution in [1.29, 1.82) is 0 Å². The fraction of sp³-hybridized carbons (Fsp3) is 0.600. The fourth-order valence-electron chi connectivity index (χ4n) is 4.15. The van der Waals surface area contributed by atoms with E-state index in [0.717, 1.165) is 25.4 Å². The number of hydrogen-bond acceptors (Lipinski definition) is 2. The number of urea groups is 1. The highest BCUT2D eigenvalue weighted by Crippen LogP contribution is 2.36. The Morgan fingerprint density at radius 2 is 1.88 bits per heavy atom. The lowest BCUT2D eigenvalue weighted by Gasteiger charge is -2.41. The Morgan fingerprint density at radius 3 is 2.58 bits per heavy atom. The minimum Gasteiger partial charge on any atom is -0.338 e. The summed E-state index contributed by atoms with van der Waals surface area (Å²) >= 11 is 6.35. The molecule has 26 heavy (non-hydrogen) atoms. The third-order valence-corrected chi connectivity index (χ3v) is 5.77. The van der Waals surface area contributed by atoms with Crippen LogP contribution < -0.4 is 10.6 Å². The molecule has 2 atom stereocenters. The van der Waals surface area contributed by atoms with Gasteiger partial charge in [-0.05, 0) is 56.7 Å². The Morgan fingerprint density at radius 1 is 1.15 bits per heavy atom. The highest BCUT2D eigenvalue weighted by atomic mass is 35.5. The summed E-state index contributed by atoms with van der Waals surface area (Å²) in [6.45, 7) is 5.44. The van der Waals surface area contributed by atoms with Gasteiger partial charge in [-0.3, -0.25) is 4.79 Å². The molecule has 1 aromatic carbocycles. The second-order valence-electron chi connectivity index (χ2n) is 7.79. The number of halogens is 1. The number of rotatable bonds is 3. The predicted octanol–water partition coefficient (Wildman–Crippen LogP) is 4.52. The average Bonchev–Trinajstić information content (AvgIpc) is 2.60. The molecule has 0 unspecified atom stereocenters. The number of anilines is 1. The Labute approximate surface area is 160 Å². The van der Waals surface area contributed by atoms with E-state index in [1.54, 1.807) is 18.2 Å². The van der Waals surface area contributed by atoms with Gasteiger partial charge in [0.1, 0.15) is 0 Å². The van der Waals surface area contributed by atoms with Gasteiger partial charge in [-0.2, -0.15) is 0 Å². The first-order valence-electron chi connectivity index (χ1n) is 9.60. The Bertz CT molecular complexity index is 677. The molecule has 3 amide bonds. The number of hydrogen-bond donors (Lipinski definition) is 2. The molecular formula is C20H28ClN3O2. The van der Waals surface area contributed by atoms with Crippen molar-refractivity contribution in [2.75, 3.05) is 18.4 Å². The topological polar surface area (TPSA) is 61.4 Å². The number of carbonyl (C=O) groups is 2. The summed E-state index contributed by atoms with van der Waals surface area (Å²) in [6.07, 6.45) is 6.26. The Hall–Kier alpha value is -1.75. The SMILES string of the molecule is CC(C)NC(=O)Nc1ccc(C(=O)N2CC[C@H]3CCCC[C@H]3C2)c(Cl)c1. The van der Waals surface area contributed by atoms with Crippen LogP contribution in [-0.2, 0) is 0 Å². The minimum atomic E-state index is -0.283. The lowest BCUT2D eigenvalue weighted by atomic mass is 9.75. The summed E-state index contributed by atoms with van der Waals surface area (Å²) in [5, 5.41) is 5.87. The molecule has 0 radical (unpaired) electrons. The molecule has 1 aliphatic heterocycles. The number of carbonyl (C=O) groups excluding carboxylic acids is 2. The van der Waals surface area contributed by atoms with Crippen LogP contribution in [0.4, 0.5) is 10.5 Å². The zero-order valence-electron chi connectivity index (χ0n) is 15.6. The summed E-state index contributed by atoms with van der Waals surface area (Å²) in [6, 6.07) is 4.85. The van der Waals surface area contributed by atoms with Crippen LogP contribution in [0.5, 0.6) is 0 Å². The Balaban J connectivity index is 1.65. The molecule has 1 saturated heterocycles. The molecule has 2 aliphatic rings. The summed E-state index contributed by atoms with van der Waals surface area (Å²) in [7, 11) is 0. The molecule has 3 rings (SSSR count). The zero-order valence-corrected chi connectivity index (χ0v) is 16.3. The van der Waals surface area contributed by atoms with E-state index in [2.05, 4.69) is 10.6 Å². The number of likely N-dealkylation sites (tertiary alicyclic amines) is 1. The van der Waals surface area contributed by atoms with Gasteiger partial charge in [-0.25, -0.2) is 4.79 Å². The average molecular weight is 378 g/mol. The van der Waals surface area contributed by atoms with Crippen molar-refractivity contribution in [3.05, 3.63) is 28.8 Å². The normalized spacial score (nSPS) is 22.7. The molecule has 1 heterocycles. The molecular weight excluding hydrogens is 350 g/mol. The van der Waals surface area contributed by atoms with E-state index in [1.807, 2.05) is 18.7 Å². The molecule has 0 aromatic heterocycles. The number of amides is 3. The van der Waals surface area contributed by atoms with E-state index in [1.165, 1.54) is 25.7 Å². The van der Waals surface area contributed by atoms with E-state index in [4.69, 9.17) is 11.6 Å². The second-order valence-corrected chi connectivity index (χ2v) is 8.20. The number of piperidine rings is 1. The molecule has 1 saturated carbocycles. The lowest BCUT2D eigenvalue weighted by Crippen LogP contribution is -2.44. The van der Waals surface area contributed by atoms with Gasteiger partial charge in [0.05, 0.1) is 10.6 Å². The van der Waals surface area contributed by atoms with Crippen LogP contribution in [0.3, 0.4) is 0 Å². The number of nitrogens with zero attached hydrogens (tertiary/aromatic N) is 1. The number of fused-ring (bicyclic) bond motifs is 1. The molecule has 142 valence electrons. The maximum atomic E-state index is 12.9. The van der Waals surface area contributed by atoms with E-state index in [-0.39, 0.29) is 18.0 Å². The van der Waals surface area contributed by atoms with Gasteiger partial charge in [-0.1, -0.05) is 30.9 Å². The van der Waals surface area contributed by atoms with Gasteiger partial charge in [-0.15, -0.1) is 0 Å². The maximum Gasteiger partial charge on any atom is 0.319 e. The fourth-order valence-corrected chi connectivity index (χ4v) is 4.41. The summed E-state index contributed by atoms with van der Waals surface area (Å²) in [5.74, 6) is 1.42. The summed E-state index contributed by atoms with van der Waals surface area (Å²) in [5.41, 5.74) is 1.09. The highest BCUT2D eigenvalue weighted by Gasteiger charge is 2.33. The molecule has 0 spiro atoms. The second kappa shape index (κ2) is 8.30. The molecule has 5 nitrogen and oxygen atoms in total. The standard InChI is InChI=1S/C20H28ClN3O2/c1-13(2)22-20(26)23-16-7-8-17(18(21)11-16)19(25)24-10-9-14-5-3-4-6-15(14)12-24/h7-8,11,13-15H,3-6,9-10,12H2,1-2H3,(H2,22,23,26)/t14-,15+/m1/s1. The van der Waals surface area contributed by atoms with Crippen molar-refractivity contribution < 1.29 is 9.59 Å². The van der Waals surface area contributed by atoms with Gasteiger partial charge in [0.15, 0.2) is 0 Å². The van der Waals surface area contributed by atoms with E-state index in [0.29, 0.717) is 22.2 Å². The van der Waals surface area contributed by atoms with Crippen LogP contribution in [0.15, 0.2) is 18.2 Å². The van der Waals surface area contributed by atoms with Gasteiger partial charge in [0.2, 0.25) is 0 Å². The highest BCUT2D eigenvalue weighted by molar-refractivity contribution is 6.34. The van der Waals surface area contributed by atoms with Crippen LogP contribution in [0.2, 0.25) is 5.02 Å². The monoisotopic (exact) mass is 377 g/mol. The van der Waals surface area contributed by atoms with Crippen LogP contribution in [0.1, 0.15) is 56.3 Å². The van der Waals surface area contributed by atoms with Crippen LogP contribution >= 0.6 is 11.6 Å². The molecule has 1 aromatic rings. The van der Waals surface area contributed by atoms with Crippen molar-refractivity contribution in [3.63, 3.8) is 0 Å². The molecule has 2 fully saturated rings. The first kappa shape index (κ1) is 19.0. The number of nitrogens with one attached hydrogen (secondary N) is 2. The van der Waals surface area contributed by atoms with Gasteiger partial charge in [0, 0.05) is 24.8 Å². The molecule has 2 N–H and O–H groups in total. The van der Waals surface area contributed by atoms with Crippen molar-refractivity contribution in [2.24, 2.45) is 11.8 Å². The molecule has 1 aliphatic carbocycles. The van der Waals surface area contributed by atoms with Gasteiger partial charge in [0.25, 0.3) is 5.91 Å². The van der Waals surface area contributed by atoms with Crippen LogP contribution in [0, 0.1) is 11.8 Å². The van der Waals surface area contributed by atoms with Crippen LogP contribution in [-0.4, -0.2) is 36.0 Å². The lowest BCUT2D eigenvalue weighted by molar-refractivity contribution is 0.0521. The summed E-state index contributed by atoms with van der Waals surface area (Å²) in [4.78, 5) is 26.7. The first-order chi connectivity index (χ1) is 12.4. The third kappa shape index (κ3) is 4.50. The number of benzene rings is 1. The maximum absolute atomic E-state index is 12.9. The third-order valence-electron chi connectivity index (χ3n) is 5.46. The van der Waals surface area contributed by atoms with Crippen molar-refractivity contribution in [2.45, 2.75) is 52.0 Å². The van der Waals surface area contributed by atoms with Crippen molar-refractivity contribution in [3.8, 4) is 0 Å². The van der Waals surface area contributed by atoms with Crippen molar-refractivity contribution >= 4 is 29.2 Å². The zero-order chi connectivity index (χ0) is 18.7. The smallest absolute Gasteiger partial charge is 0.319 e. The van der Waals surface area contributed by atoms with Gasteiger partial charge >= 0.3 is 6.03 Å². The summed E-state index contributed by atoms with van der Waals surface area (Å²) < 4.78 is 0. The van der Waals surface area contributed by atoms with E-state index >= 15 is 0 Å². The van der Waals surface area contributed by atoms with Crippen LogP contribution in [0.25, 0.3) is 0 Å². The Kier molecular flexibility index (Phi) is 6.07. The van der Waals surface area contributed by atoms with E-state index < -0.39 is 0 Å². The quantitative estimate of drug-likeness (QED) is 0.813. The largest absolute Gasteiger partial charge is 0.338 e. The first-order valence-corrected chi connectivity index (χ1v) is 9.98. The molecule has 0 bridgehead atoms. The molecule has 6 heteroatoms. The minimum absolute atomic E-state index is 0.00259. The predicted molar refractivity (Wildman–Crippen MR) is 105 cm³/mol. The van der Waals surface area contributed by atoms with Gasteiger partial charge < -0.3 is 15.5 Å². The van der Waals surface area contributed by atoms with Crippen molar-refractivity contribution in [1.82, 2.24) is 10.2 Å².